The number of nitrogens with one attached hydrogen (secondary N) is 1. The van der Waals surface area contributed by atoms with Crippen molar-refractivity contribution in [2.75, 3.05) is 46.4 Å². The van der Waals surface area contributed by atoms with E-state index < -0.39 is 0 Å². The van der Waals surface area contributed by atoms with Crippen LogP contribution >= 0.6 is 0 Å². The third kappa shape index (κ3) is 7.08. The molecule has 166 valence electrons. The Morgan fingerprint density at radius 1 is 1.06 bits per heavy atom. The van der Waals surface area contributed by atoms with Crippen LogP contribution in [-0.4, -0.2) is 68.4 Å². The Bertz CT molecular complexity index is 875. The third-order valence-electron chi connectivity index (χ3n) is 5.25. The van der Waals surface area contributed by atoms with Crippen LogP contribution < -0.4 is 14.9 Å². The number of carbonyl (C=O) groups is 1. The molecule has 1 amide bonds. The van der Waals surface area contributed by atoms with Crippen LogP contribution in [0.15, 0.2) is 47.6 Å². The Morgan fingerprint density at radius 2 is 1.77 bits per heavy atom. The first-order valence-corrected chi connectivity index (χ1v) is 10.7. The van der Waals surface area contributed by atoms with Gasteiger partial charge in [-0.25, -0.2) is 5.43 Å². The fourth-order valence-electron chi connectivity index (χ4n) is 3.51. The molecule has 0 aromatic heterocycles. The zero-order valence-electron chi connectivity index (χ0n) is 18.6. The molecule has 1 fully saturated rings. The van der Waals surface area contributed by atoms with Crippen molar-refractivity contribution in [3.8, 4) is 11.5 Å². The molecule has 31 heavy (non-hydrogen) atoms. The molecule has 7 nitrogen and oxygen atoms in total. The number of hydrogen-bond acceptors (Lipinski definition) is 6. The summed E-state index contributed by atoms with van der Waals surface area (Å²) in [5.41, 5.74) is 6.05. The Balaban J connectivity index is 1.40. The number of amides is 1. The highest BCUT2D eigenvalue weighted by atomic mass is 16.5. The van der Waals surface area contributed by atoms with Gasteiger partial charge in [-0.2, -0.15) is 5.10 Å². The van der Waals surface area contributed by atoms with Gasteiger partial charge in [0.05, 0.1) is 26.5 Å². The van der Waals surface area contributed by atoms with Gasteiger partial charge in [0.2, 0.25) is 0 Å². The largest absolute Gasteiger partial charge is 0.493 e. The van der Waals surface area contributed by atoms with Crippen molar-refractivity contribution in [3.05, 3.63) is 59.2 Å². The predicted molar refractivity (Wildman–Crippen MR) is 123 cm³/mol. The normalized spacial score (nSPS) is 15.2. The Morgan fingerprint density at radius 3 is 2.45 bits per heavy atom. The van der Waals surface area contributed by atoms with E-state index in [4.69, 9.17) is 9.47 Å². The van der Waals surface area contributed by atoms with Gasteiger partial charge in [-0.3, -0.25) is 14.6 Å². The lowest BCUT2D eigenvalue weighted by atomic mass is 10.1. The highest BCUT2D eigenvalue weighted by molar-refractivity contribution is 5.83. The molecule has 0 spiro atoms. The smallest absolute Gasteiger partial charge is 0.254 e. The molecule has 7 heteroatoms. The van der Waals surface area contributed by atoms with Crippen molar-refractivity contribution in [2.45, 2.75) is 20.4 Å². The number of piperazine rings is 1. The maximum Gasteiger partial charge on any atom is 0.254 e. The van der Waals surface area contributed by atoms with Gasteiger partial charge in [-0.15, -0.1) is 0 Å². The molecule has 1 saturated heterocycles. The minimum atomic E-state index is -0.110. The zero-order valence-corrected chi connectivity index (χ0v) is 18.6. The van der Waals surface area contributed by atoms with Gasteiger partial charge in [0.25, 0.3) is 5.91 Å². The number of hydrazone groups is 1. The number of ether oxygens (including phenoxy) is 2. The lowest BCUT2D eigenvalue weighted by Crippen LogP contribution is -2.48. The highest BCUT2D eigenvalue weighted by Crippen LogP contribution is 2.27. The Labute approximate surface area is 184 Å². The molecule has 0 unspecified atom stereocenters. The van der Waals surface area contributed by atoms with Crippen LogP contribution in [0.1, 0.15) is 23.6 Å². The fourth-order valence-corrected chi connectivity index (χ4v) is 3.51. The van der Waals surface area contributed by atoms with Gasteiger partial charge in [0.15, 0.2) is 11.5 Å². The van der Waals surface area contributed by atoms with Crippen molar-refractivity contribution < 1.29 is 14.3 Å². The average Bonchev–Trinajstić information content (AvgIpc) is 2.78. The summed E-state index contributed by atoms with van der Waals surface area (Å²) in [5, 5.41) is 4.08. The number of methoxy groups -OCH3 is 1. The first kappa shape index (κ1) is 22.8. The fraction of sp³-hybridized carbons (Fsp3) is 0.417. The van der Waals surface area contributed by atoms with Crippen molar-refractivity contribution in [3.63, 3.8) is 0 Å². The molecule has 1 N–H and O–H groups in total. The van der Waals surface area contributed by atoms with Gasteiger partial charge in [0.1, 0.15) is 0 Å². The van der Waals surface area contributed by atoms with E-state index >= 15 is 0 Å². The van der Waals surface area contributed by atoms with Gasteiger partial charge < -0.3 is 9.47 Å². The summed E-state index contributed by atoms with van der Waals surface area (Å²) in [6, 6.07) is 14.2. The third-order valence-corrected chi connectivity index (χ3v) is 5.25. The maximum atomic E-state index is 12.2. The van der Waals surface area contributed by atoms with E-state index in [1.807, 2.05) is 25.1 Å². The standard InChI is InChI=1S/C24H32N4O3/c1-4-31-22-10-9-21(15-23(22)30-3)16-25-26-24(29)18-28-13-11-27(12-14-28)17-20-7-5-19(2)6-8-20/h5-10,15-16H,4,11-14,17-18H2,1-3H3,(H,26,29)/b25-16-. The molecular formula is C24H32N4O3. The van der Waals surface area contributed by atoms with Crippen LogP contribution in [0.25, 0.3) is 0 Å². The van der Waals surface area contributed by atoms with Gasteiger partial charge >= 0.3 is 0 Å². The van der Waals surface area contributed by atoms with E-state index in [2.05, 4.69) is 51.5 Å². The number of benzene rings is 2. The molecule has 3 rings (SSSR count). The molecule has 0 saturated carbocycles. The first-order chi connectivity index (χ1) is 15.1. The molecule has 1 aliphatic heterocycles. The summed E-state index contributed by atoms with van der Waals surface area (Å²) in [6.07, 6.45) is 1.61. The summed E-state index contributed by atoms with van der Waals surface area (Å²) < 4.78 is 10.8. The van der Waals surface area contributed by atoms with Gasteiger partial charge in [-0.05, 0) is 43.2 Å². The minimum Gasteiger partial charge on any atom is -0.493 e. The van der Waals surface area contributed by atoms with Crippen LogP contribution in [0.3, 0.4) is 0 Å². The van der Waals surface area contributed by atoms with Crippen LogP contribution in [0.2, 0.25) is 0 Å². The molecule has 0 aliphatic carbocycles. The summed E-state index contributed by atoms with van der Waals surface area (Å²) >= 11 is 0. The van der Waals surface area contributed by atoms with Crippen LogP contribution in [-0.2, 0) is 11.3 Å². The molecular weight excluding hydrogens is 392 g/mol. The number of carbonyl (C=O) groups excluding carboxylic acids is 1. The molecule has 2 aromatic carbocycles. The van der Waals surface area contributed by atoms with Gasteiger partial charge in [0, 0.05) is 32.7 Å². The van der Waals surface area contributed by atoms with E-state index in [1.165, 1.54) is 11.1 Å². The molecule has 1 aliphatic rings. The Kier molecular flexibility index (Phi) is 8.44. The van der Waals surface area contributed by atoms with Crippen LogP contribution in [0.5, 0.6) is 11.5 Å². The second kappa shape index (κ2) is 11.5. The number of aryl methyl sites for hydroxylation is 1. The van der Waals surface area contributed by atoms with E-state index in [0.717, 1.165) is 38.3 Å². The summed E-state index contributed by atoms with van der Waals surface area (Å²) in [6.45, 7) is 9.56. The van der Waals surface area contributed by atoms with Crippen molar-refractivity contribution in [2.24, 2.45) is 5.10 Å². The maximum absolute atomic E-state index is 12.2. The second-order valence-electron chi connectivity index (χ2n) is 7.67. The SMILES string of the molecule is CCOc1ccc(/C=N\NC(=O)CN2CCN(Cc3ccc(C)cc3)CC2)cc1OC. The predicted octanol–water partition coefficient (Wildman–Crippen LogP) is 2.67. The molecule has 1 heterocycles. The molecule has 0 bridgehead atoms. The number of rotatable bonds is 9. The lowest BCUT2D eigenvalue weighted by molar-refractivity contribution is -0.122. The van der Waals surface area contributed by atoms with E-state index in [1.54, 1.807) is 13.3 Å². The van der Waals surface area contributed by atoms with Crippen LogP contribution in [0, 0.1) is 6.92 Å². The summed E-state index contributed by atoms with van der Waals surface area (Å²) in [7, 11) is 1.60. The summed E-state index contributed by atoms with van der Waals surface area (Å²) in [5.74, 6) is 1.22. The molecule has 0 atom stereocenters. The van der Waals surface area contributed by atoms with Crippen molar-refractivity contribution in [1.82, 2.24) is 15.2 Å². The summed E-state index contributed by atoms with van der Waals surface area (Å²) in [4.78, 5) is 16.8. The van der Waals surface area contributed by atoms with E-state index in [0.29, 0.717) is 24.7 Å². The quantitative estimate of drug-likeness (QED) is 0.495. The molecule has 0 radical (unpaired) electrons. The topological polar surface area (TPSA) is 66.4 Å². The highest BCUT2D eigenvalue weighted by Gasteiger charge is 2.18. The second-order valence-corrected chi connectivity index (χ2v) is 7.67. The van der Waals surface area contributed by atoms with Crippen molar-refractivity contribution >= 4 is 12.1 Å². The first-order valence-electron chi connectivity index (χ1n) is 10.7. The Hall–Kier alpha value is -2.90. The number of nitrogens with zero attached hydrogens (tertiary/aromatic N) is 3. The van der Waals surface area contributed by atoms with Gasteiger partial charge in [-0.1, -0.05) is 29.8 Å². The minimum absolute atomic E-state index is 0.110. The van der Waals surface area contributed by atoms with E-state index in [9.17, 15) is 4.79 Å². The van der Waals surface area contributed by atoms with Crippen molar-refractivity contribution in [1.29, 1.82) is 0 Å². The van der Waals surface area contributed by atoms with Crippen LogP contribution in [0.4, 0.5) is 0 Å². The van der Waals surface area contributed by atoms with E-state index in [-0.39, 0.29) is 5.91 Å². The zero-order chi connectivity index (χ0) is 22.1. The lowest BCUT2D eigenvalue weighted by Gasteiger charge is -2.34. The monoisotopic (exact) mass is 424 g/mol. The molecule has 2 aromatic rings. The average molecular weight is 425 g/mol. The number of hydrogen-bond donors (Lipinski definition) is 1.